The quantitative estimate of drug-likeness (QED) is 0.841. The first-order valence-corrected chi connectivity index (χ1v) is 5.43. The summed E-state index contributed by atoms with van der Waals surface area (Å²) < 4.78 is 1.55. The van der Waals surface area contributed by atoms with Crippen LogP contribution in [-0.2, 0) is 0 Å². The molecule has 0 saturated heterocycles. The van der Waals surface area contributed by atoms with Gasteiger partial charge in [0.15, 0.2) is 0 Å². The van der Waals surface area contributed by atoms with Gasteiger partial charge in [-0.25, -0.2) is 4.68 Å². The zero-order chi connectivity index (χ0) is 12.6. The van der Waals surface area contributed by atoms with Crippen molar-refractivity contribution < 1.29 is 0 Å². The molecule has 1 heterocycles. The van der Waals surface area contributed by atoms with Crippen LogP contribution in [0, 0.1) is 25.2 Å². The molecule has 0 spiro atoms. The summed E-state index contributed by atoms with van der Waals surface area (Å²) in [4.78, 5) is 0. The summed E-state index contributed by atoms with van der Waals surface area (Å²) >= 11 is 6.03. The van der Waals surface area contributed by atoms with Crippen LogP contribution in [-0.4, -0.2) is 9.78 Å². The number of hydrogen-bond donors (Lipinski definition) is 1. The van der Waals surface area contributed by atoms with E-state index in [0.717, 1.165) is 16.8 Å². The number of anilines is 1. The van der Waals surface area contributed by atoms with E-state index >= 15 is 0 Å². The maximum Gasteiger partial charge on any atom is 0.145 e. The van der Waals surface area contributed by atoms with Crippen LogP contribution >= 0.6 is 11.6 Å². The second-order valence-electron chi connectivity index (χ2n) is 3.78. The second kappa shape index (κ2) is 4.11. The fourth-order valence-electron chi connectivity index (χ4n) is 1.64. The first-order chi connectivity index (χ1) is 8.06. The molecule has 0 aliphatic carbocycles. The smallest absolute Gasteiger partial charge is 0.145 e. The first-order valence-electron chi connectivity index (χ1n) is 5.06. The molecule has 0 bridgehead atoms. The molecule has 86 valence electrons. The molecule has 2 N–H and O–H groups in total. The van der Waals surface area contributed by atoms with Gasteiger partial charge < -0.3 is 5.73 Å². The van der Waals surface area contributed by atoms with E-state index in [0.29, 0.717) is 16.4 Å². The molecule has 2 aromatic rings. The van der Waals surface area contributed by atoms with E-state index in [1.807, 2.05) is 26.0 Å². The Morgan fingerprint density at radius 2 is 2.06 bits per heavy atom. The number of rotatable bonds is 1. The van der Waals surface area contributed by atoms with Gasteiger partial charge >= 0.3 is 0 Å². The molecule has 0 unspecified atom stereocenters. The fourth-order valence-corrected chi connectivity index (χ4v) is 1.84. The van der Waals surface area contributed by atoms with Gasteiger partial charge in [0.1, 0.15) is 17.5 Å². The van der Waals surface area contributed by atoms with Crippen molar-refractivity contribution in [3.05, 3.63) is 40.0 Å². The highest BCUT2D eigenvalue weighted by Crippen LogP contribution is 2.26. The van der Waals surface area contributed by atoms with Crippen LogP contribution in [0.15, 0.2) is 18.3 Å². The average molecular weight is 247 g/mol. The standard InChI is InChI=1S/C12H11ClN4/c1-7-8(2)11(4-3-10(7)13)17-12(15)9(5-14)6-16-17/h3-4,6H,15H2,1-2H3. The SMILES string of the molecule is Cc1c(Cl)ccc(-n2ncc(C#N)c2N)c1C. The molecule has 0 aliphatic rings. The van der Waals surface area contributed by atoms with Crippen molar-refractivity contribution in [3.63, 3.8) is 0 Å². The lowest BCUT2D eigenvalue weighted by Crippen LogP contribution is -2.05. The van der Waals surface area contributed by atoms with Crippen LogP contribution in [0.2, 0.25) is 5.02 Å². The summed E-state index contributed by atoms with van der Waals surface area (Å²) in [6.45, 7) is 3.88. The van der Waals surface area contributed by atoms with E-state index in [1.165, 1.54) is 6.20 Å². The third-order valence-corrected chi connectivity index (χ3v) is 3.26. The summed E-state index contributed by atoms with van der Waals surface area (Å²) in [5, 5.41) is 13.7. The maximum absolute atomic E-state index is 8.84. The lowest BCUT2D eigenvalue weighted by molar-refractivity contribution is 0.881. The lowest BCUT2D eigenvalue weighted by Gasteiger charge is -2.11. The number of halogens is 1. The van der Waals surface area contributed by atoms with E-state index < -0.39 is 0 Å². The number of nitriles is 1. The van der Waals surface area contributed by atoms with Crippen LogP contribution in [0.1, 0.15) is 16.7 Å². The summed E-state index contributed by atoms with van der Waals surface area (Å²) in [7, 11) is 0. The molecule has 5 heteroatoms. The van der Waals surface area contributed by atoms with Crippen LogP contribution in [0.5, 0.6) is 0 Å². The summed E-state index contributed by atoms with van der Waals surface area (Å²) in [5.41, 5.74) is 9.04. The van der Waals surface area contributed by atoms with E-state index in [-0.39, 0.29) is 0 Å². The predicted octanol–water partition coefficient (Wildman–Crippen LogP) is 2.60. The molecule has 0 amide bonds. The maximum atomic E-state index is 8.84. The highest BCUT2D eigenvalue weighted by molar-refractivity contribution is 6.31. The van der Waals surface area contributed by atoms with Crippen LogP contribution in [0.4, 0.5) is 5.82 Å². The monoisotopic (exact) mass is 246 g/mol. The molecule has 0 atom stereocenters. The largest absolute Gasteiger partial charge is 0.382 e. The summed E-state index contributed by atoms with van der Waals surface area (Å²) in [6, 6.07) is 5.64. The second-order valence-corrected chi connectivity index (χ2v) is 4.19. The van der Waals surface area contributed by atoms with Crippen molar-refractivity contribution in [2.75, 3.05) is 5.73 Å². The van der Waals surface area contributed by atoms with E-state index in [1.54, 1.807) is 10.7 Å². The highest BCUT2D eigenvalue weighted by atomic mass is 35.5. The van der Waals surface area contributed by atoms with Crippen LogP contribution < -0.4 is 5.73 Å². The number of nitrogens with zero attached hydrogens (tertiary/aromatic N) is 3. The molecule has 1 aromatic carbocycles. The number of benzene rings is 1. The van der Waals surface area contributed by atoms with Gasteiger partial charge in [-0.15, -0.1) is 0 Å². The Labute approximate surface area is 104 Å². The van der Waals surface area contributed by atoms with Gasteiger partial charge in [0, 0.05) is 5.02 Å². The number of nitrogens with two attached hydrogens (primary N) is 1. The Kier molecular flexibility index (Phi) is 2.78. The van der Waals surface area contributed by atoms with Gasteiger partial charge in [0.05, 0.1) is 11.9 Å². The normalized spacial score (nSPS) is 10.2. The van der Waals surface area contributed by atoms with Gasteiger partial charge in [0.2, 0.25) is 0 Å². The molecule has 4 nitrogen and oxygen atoms in total. The minimum atomic E-state index is 0.345. The number of aromatic nitrogens is 2. The van der Waals surface area contributed by atoms with Crippen molar-refractivity contribution in [2.45, 2.75) is 13.8 Å². The van der Waals surface area contributed by atoms with Crippen molar-refractivity contribution >= 4 is 17.4 Å². The Bertz CT molecular complexity index is 622. The van der Waals surface area contributed by atoms with Gasteiger partial charge in [-0.3, -0.25) is 0 Å². The first kappa shape index (κ1) is 11.5. The molecular formula is C12H11ClN4. The Hall–Kier alpha value is -1.99. The average Bonchev–Trinajstić information content (AvgIpc) is 2.68. The van der Waals surface area contributed by atoms with Gasteiger partial charge in [0.25, 0.3) is 0 Å². The summed E-state index contributed by atoms with van der Waals surface area (Å²) in [6.07, 6.45) is 1.46. The Morgan fingerprint density at radius 1 is 1.35 bits per heavy atom. The van der Waals surface area contributed by atoms with Crippen molar-refractivity contribution in [2.24, 2.45) is 0 Å². The van der Waals surface area contributed by atoms with Gasteiger partial charge in [-0.1, -0.05) is 11.6 Å². The minimum absolute atomic E-state index is 0.345. The van der Waals surface area contributed by atoms with E-state index in [4.69, 9.17) is 22.6 Å². The molecule has 0 aliphatic heterocycles. The van der Waals surface area contributed by atoms with Crippen molar-refractivity contribution in [1.82, 2.24) is 9.78 Å². The van der Waals surface area contributed by atoms with Crippen molar-refractivity contribution in [1.29, 1.82) is 5.26 Å². The predicted molar refractivity (Wildman–Crippen MR) is 67.2 cm³/mol. The molecule has 1 aromatic heterocycles. The number of nitrogen functional groups attached to an aromatic ring is 1. The summed E-state index contributed by atoms with van der Waals surface area (Å²) in [5.74, 6) is 0.345. The van der Waals surface area contributed by atoms with Gasteiger partial charge in [-0.05, 0) is 37.1 Å². The molecule has 0 saturated carbocycles. The number of hydrogen-bond acceptors (Lipinski definition) is 3. The minimum Gasteiger partial charge on any atom is -0.382 e. The molecular weight excluding hydrogens is 236 g/mol. The Morgan fingerprint density at radius 3 is 2.65 bits per heavy atom. The topological polar surface area (TPSA) is 67.6 Å². The van der Waals surface area contributed by atoms with Gasteiger partial charge in [-0.2, -0.15) is 10.4 Å². The Balaban J connectivity index is 2.66. The highest BCUT2D eigenvalue weighted by Gasteiger charge is 2.12. The molecule has 0 radical (unpaired) electrons. The lowest BCUT2D eigenvalue weighted by atomic mass is 10.1. The van der Waals surface area contributed by atoms with E-state index in [9.17, 15) is 0 Å². The zero-order valence-electron chi connectivity index (χ0n) is 9.53. The fraction of sp³-hybridized carbons (Fsp3) is 0.167. The van der Waals surface area contributed by atoms with Crippen LogP contribution in [0.3, 0.4) is 0 Å². The molecule has 2 rings (SSSR count). The van der Waals surface area contributed by atoms with Crippen LogP contribution in [0.25, 0.3) is 5.69 Å². The zero-order valence-corrected chi connectivity index (χ0v) is 10.3. The van der Waals surface area contributed by atoms with Crippen molar-refractivity contribution in [3.8, 4) is 11.8 Å². The molecule has 17 heavy (non-hydrogen) atoms. The third-order valence-electron chi connectivity index (χ3n) is 2.85. The molecule has 0 fully saturated rings. The van der Waals surface area contributed by atoms with E-state index in [2.05, 4.69) is 5.10 Å². The third kappa shape index (κ3) is 1.75.